The van der Waals surface area contributed by atoms with Crippen LogP contribution < -0.4 is 0 Å². The Balaban J connectivity index is 1.17. The Kier molecular flexibility index (Phi) is 17.1. The number of nitrogens with zero attached hydrogens (tertiary/aromatic N) is 3. The number of aliphatic hydroxyl groups is 3. The molecule has 18 nitrogen and oxygen atoms in total. The number of hydrogen-bond donors (Lipinski definition) is 3. The molecular weight excluding hydrogens is 810 g/mol. The molecule has 4 fully saturated rings. The average Bonchev–Trinajstić information content (AvgIpc) is 3.28. The number of aliphatic hydroxyl groups excluding tert-OH is 3. The maximum absolute atomic E-state index is 13.0. The van der Waals surface area contributed by atoms with Gasteiger partial charge in [0.25, 0.3) is 0 Å². The molecule has 2 aromatic carbocycles. The van der Waals surface area contributed by atoms with E-state index >= 15 is 0 Å². The first-order valence-corrected chi connectivity index (χ1v) is 21.4. The SMILES string of the molecule is CC1[C@H](O[C@@H]2C(O)[C@@H](O[C@@H]3C(C)[C@H](OCCN=[N+]=[N-])OC(COC(=O)c4ccccc4)[C@H]3C)OC[C@H]2C)OC(COC(=O)c2ccccc2)[C@@H](C)[C@@H]1O[C@H]1OC[C@@H](C)[C@H](O)C1O. The van der Waals surface area contributed by atoms with Crippen LogP contribution in [0, 0.1) is 35.5 Å². The standard InChI is InChI=1S/C44H61N3O15/c1-23-19-56-43(34(49)33(23)48)61-38-26(4)32(22-55-40(52)30-15-11-8-12-16-30)59-42(28(38)6)60-36-24(2)20-57-44(35(36)50)62-37-25(3)31(21-54-39(51)29-13-9-7-10-14-29)58-41(27(37)5)53-18-17-46-47-45/h7-16,23-28,31-38,41-44,48-50H,17-22H2,1-6H3/t23-,24-,25-,26-,27?,28?,31?,32?,33+,34?,35?,36+,37+,38+,41-,42+,43-,44-/m1/s1. The van der Waals surface area contributed by atoms with Gasteiger partial charge in [0.2, 0.25) is 0 Å². The molecule has 4 aliphatic heterocycles. The van der Waals surface area contributed by atoms with Gasteiger partial charge >= 0.3 is 11.9 Å². The molecule has 0 aliphatic carbocycles. The van der Waals surface area contributed by atoms with Crippen molar-refractivity contribution in [3.8, 4) is 0 Å². The molecule has 18 heteroatoms. The van der Waals surface area contributed by atoms with Crippen LogP contribution in [0.4, 0.5) is 0 Å². The van der Waals surface area contributed by atoms with Gasteiger partial charge in [-0.25, -0.2) is 9.59 Å². The predicted octanol–water partition coefficient (Wildman–Crippen LogP) is 4.24. The highest BCUT2D eigenvalue weighted by atomic mass is 16.7. The second-order valence-corrected chi connectivity index (χ2v) is 16.9. The summed E-state index contributed by atoms with van der Waals surface area (Å²) in [5.74, 6) is -3.45. The van der Waals surface area contributed by atoms with Crippen LogP contribution in [0.25, 0.3) is 10.4 Å². The second kappa shape index (κ2) is 22.2. The average molecular weight is 872 g/mol. The third-order valence-electron chi connectivity index (χ3n) is 12.3. The van der Waals surface area contributed by atoms with Crippen molar-refractivity contribution in [1.82, 2.24) is 0 Å². The van der Waals surface area contributed by atoms with Gasteiger partial charge in [-0.3, -0.25) is 0 Å². The minimum atomic E-state index is -1.33. The van der Waals surface area contributed by atoms with E-state index in [1.807, 2.05) is 34.6 Å². The quantitative estimate of drug-likeness (QED) is 0.0703. The fraction of sp³-hybridized carbons (Fsp3) is 0.682. The van der Waals surface area contributed by atoms with Crippen LogP contribution >= 0.6 is 0 Å². The molecule has 18 atom stereocenters. The van der Waals surface area contributed by atoms with Crippen molar-refractivity contribution >= 4 is 11.9 Å². The molecule has 0 saturated carbocycles. The third kappa shape index (κ3) is 11.5. The molecular formula is C44H61N3O15. The van der Waals surface area contributed by atoms with Gasteiger partial charge in [-0.1, -0.05) is 83.1 Å². The van der Waals surface area contributed by atoms with Crippen molar-refractivity contribution in [2.75, 3.05) is 39.6 Å². The predicted molar refractivity (Wildman–Crippen MR) is 218 cm³/mol. The molecule has 0 spiro atoms. The zero-order valence-electron chi connectivity index (χ0n) is 36.0. The lowest BCUT2D eigenvalue weighted by Gasteiger charge is -2.49. The molecule has 4 saturated heterocycles. The van der Waals surface area contributed by atoms with Gasteiger partial charge in [-0.15, -0.1) is 0 Å². The Morgan fingerprint density at radius 2 is 1.10 bits per heavy atom. The third-order valence-corrected chi connectivity index (χ3v) is 12.3. The normalized spacial score (nSPS) is 38.7. The second-order valence-electron chi connectivity index (χ2n) is 16.9. The summed E-state index contributed by atoms with van der Waals surface area (Å²) in [5, 5.41) is 37.1. The number of carbonyl (C=O) groups excluding carboxylic acids is 2. The van der Waals surface area contributed by atoms with E-state index < -0.39 is 104 Å². The van der Waals surface area contributed by atoms with E-state index in [4.69, 9.17) is 52.9 Å². The van der Waals surface area contributed by atoms with E-state index in [1.54, 1.807) is 67.6 Å². The van der Waals surface area contributed by atoms with Gasteiger partial charge in [0.05, 0.1) is 67.6 Å². The molecule has 6 unspecified atom stereocenters. The fourth-order valence-corrected chi connectivity index (χ4v) is 8.43. The molecule has 6 rings (SSSR count). The lowest BCUT2D eigenvalue weighted by atomic mass is 9.85. The smallest absolute Gasteiger partial charge is 0.338 e. The number of azide groups is 1. The fourth-order valence-electron chi connectivity index (χ4n) is 8.43. The maximum atomic E-state index is 13.0. The molecule has 0 amide bonds. The Hall–Kier alpha value is -3.75. The van der Waals surface area contributed by atoms with Crippen molar-refractivity contribution in [2.45, 2.75) is 116 Å². The number of rotatable bonds is 16. The number of hydrogen-bond acceptors (Lipinski definition) is 16. The van der Waals surface area contributed by atoms with Crippen molar-refractivity contribution < 1.29 is 72.3 Å². The van der Waals surface area contributed by atoms with Crippen LogP contribution in [-0.4, -0.2) is 141 Å². The Morgan fingerprint density at radius 3 is 1.63 bits per heavy atom. The number of ether oxygens (including phenoxy) is 10. The van der Waals surface area contributed by atoms with Gasteiger partial charge in [0.1, 0.15) is 25.4 Å². The van der Waals surface area contributed by atoms with Gasteiger partial charge in [-0.05, 0) is 29.8 Å². The van der Waals surface area contributed by atoms with E-state index in [9.17, 15) is 24.9 Å². The molecule has 0 aromatic heterocycles. The summed E-state index contributed by atoms with van der Waals surface area (Å²) < 4.78 is 61.9. The van der Waals surface area contributed by atoms with Crippen LogP contribution in [0.15, 0.2) is 65.8 Å². The van der Waals surface area contributed by atoms with Crippen molar-refractivity contribution in [1.29, 1.82) is 0 Å². The summed E-state index contributed by atoms with van der Waals surface area (Å²) in [6.45, 7) is 11.3. The highest BCUT2D eigenvalue weighted by molar-refractivity contribution is 5.89. The van der Waals surface area contributed by atoms with Crippen LogP contribution in [-0.2, 0) is 47.4 Å². The summed E-state index contributed by atoms with van der Waals surface area (Å²) >= 11 is 0. The first kappa shape index (κ1) is 47.7. The van der Waals surface area contributed by atoms with Crippen molar-refractivity contribution in [3.63, 3.8) is 0 Å². The summed E-state index contributed by atoms with van der Waals surface area (Å²) in [6, 6.07) is 17.1. The lowest BCUT2D eigenvalue weighted by Crippen LogP contribution is -2.60. The zero-order chi connectivity index (χ0) is 44.5. The van der Waals surface area contributed by atoms with Crippen molar-refractivity contribution in [2.24, 2.45) is 40.6 Å². The number of carbonyl (C=O) groups is 2. The molecule has 2 aromatic rings. The highest BCUT2D eigenvalue weighted by Crippen LogP contribution is 2.40. The number of benzene rings is 2. The van der Waals surface area contributed by atoms with Crippen LogP contribution in [0.2, 0.25) is 0 Å². The summed E-state index contributed by atoms with van der Waals surface area (Å²) in [6.07, 6.45) is -11.5. The first-order valence-electron chi connectivity index (χ1n) is 21.4. The molecule has 0 bridgehead atoms. The lowest BCUT2D eigenvalue weighted by molar-refractivity contribution is -0.358. The van der Waals surface area contributed by atoms with Crippen LogP contribution in [0.1, 0.15) is 62.3 Å². The minimum absolute atomic E-state index is 0.0631. The van der Waals surface area contributed by atoms with E-state index in [0.717, 1.165) is 0 Å². The molecule has 0 radical (unpaired) electrons. The van der Waals surface area contributed by atoms with E-state index in [-0.39, 0.29) is 57.3 Å². The minimum Gasteiger partial charge on any atom is -0.459 e. The molecule has 3 N–H and O–H groups in total. The van der Waals surface area contributed by atoms with Gasteiger partial charge in [0, 0.05) is 47.0 Å². The van der Waals surface area contributed by atoms with Crippen LogP contribution in [0.3, 0.4) is 0 Å². The molecule has 62 heavy (non-hydrogen) atoms. The van der Waals surface area contributed by atoms with Gasteiger partial charge in [-0.2, -0.15) is 0 Å². The monoisotopic (exact) mass is 871 g/mol. The Bertz CT molecular complexity index is 1770. The maximum Gasteiger partial charge on any atom is 0.338 e. The zero-order valence-corrected chi connectivity index (χ0v) is 36.0. The molecule has 4 aliphatic rings. The Morgan fingerprint density at radius 1 is 0.629 bits per heavy atom. The topological polar surface area (TPSA) is 236 Å². The first-order chi connectivity index (χ1) is 29.8. The largest absolute Gasteiger partial charge is 0.459 e. The van der Waals surface area contributed by atoms with Gasteiger partial charge < -0.3 is 62.7 Å². The van der Waals surface area contributed by atoms with E-state index in [1.165, 1.54) is 0 Å². The van der Waals surface area contributed by atoms with Crippen molar-refractivity contribution in [3.05, 3.63) is 82.2 Å². The molecule has 4 heterocycles. The van der Waals surface area contributed by atoms with E-state index in [2.05, 4.69) is 10.0 Å². The molecule has 342 valence electrons. The van der Waals surface area contributed by atoms with Gasteiger partial charge in [0.15, 0.2) is 25.2 Å². The summed E-state index contributed by atoms with van der Waals surface area (Å²) in [5.41, 5.74) is 9.52. The summed E-state index contributed by atoms with van der Waals surface area (Å²) in [7, 11) is 0. The van der Waals surface area contributed by atoms with E-state index in [0.29, 0.717) is 11.1 Å². The Labute approximate surface area is 361 Å². The summed E-state index contributed by atoms with van der Waals surface area (Å²) in [4.78, 5) is 28.7. The number of esters is 2. The van der Waals surface area contributed by atoms with Crippen LogP contribution in [0.5, 0.6) is 0 Å². The highest BCUT2D eigenvalue weighted by Gasteiger charge is 2.51.